The molecule has 17 aromatic rings. The van der Waals surface area contributed by atoms with Crippen LogP contribution in [0, 0.1) is 121 Å². The van der Waals surface area contributed by atoms with E-state index in [4.69, 9.17) is 21.8 Å². The van der Waals surface area contributed by atoms with E-state index in [0.29, 0.717) is 122 Å². The van der Waals surface area contributed by atoms with Crippen LogP contribution in [-0.4, -0.2) is 131 Å². The number of hydrogen-bond donors (Lipinski definition) is 5. The van der Waals surface area contributed by atoms with Crippen molar-refractivity contribution in [2.24, 2.45) is 29.6 Å². The first-order valence-corrected chi connectivity index (χ1v) is 50.6. The fourth-order valence-corrected chi connectivity index (χ4v) is 20.4. The Bertz CT molecular complexity index is 7560. The Hall–Kier alpha value is -14.6. The number of carbonyl (C=O) groups excluding carboxylic acids is 5. The number of para-hydroxylation sites is 6. The van der Waals surface area contributed by atoms with Crippen molar-refractivity contribution in [3.05, 3.63) is 320 Å². The number of aromatic nitrogens is 15. The molecule has 10 aromatic heterocycles. The summed E-state index contributed by atoms with van der Waals surface area (Å²) in [5.74, 6) is -1.22. The van der Waals surface area contributed by atoms with Gasteiger partial charge >= 0.3 is 0 Å². The maximum atomic E-state index is 13.9. The van der Waals surface area contributed by atoms with Crippen LogP contribution in [0.1, 0.15) is 239 Å². The van der Waals surface area contributed by atoms with E-state index in [1.165, 1.54) is 66.9 Å². The van der Waals surface area contributed by atoms with Crippen LogP contribution in [0.15, 0.2) is 207 Å². The van der Waals surface area contributed by atoms with Gasteiger partial charge in [-0.25, -0.2) is 22.0 Å². The number of halogens is 6. The van der Waals surface area contributed by atoms with Gasteiger partial charge in [0.15, 0.2) is 0 Å². The van der Waals surface area contributed by atoms with Gasteiger partial charge in [0.05, 0.1) is 133 Å². The van der Waals surface area contributed by atoms with E-state index in [-0.39, 0.29) is 62.9 Å². The molecule has 25 nitrogen and oxygen atoms in total. The van der Waals surface area contributed by atoms with Crippen molar-refractivity contribution in [3.63, 3.8) is 0 Å². The lowest BCUT2D eigenvalue weighted by Crippen LogP contribution is -2.50. The summed E-state index contributed by atoms with van der Waals surface area (Å²) in [5, 5.41) is 45.0. The van der Waals surface area contributed by atoms with Crippen LogP contribution < -0.4 is 26.6 Å². The van der Waals surface area contributed by atoms with Crippen LogP contribution in [0.5, 0.6) is 0 Å². The lowest BCUT2D eigenvalue weighted by molar-refractivity contribution is 0.0869. The van der Waals surface area contributed by atoms with E-state index in [2.05, 4.69) is 175 Å². The zero-order valence-corrected chi connectivity index (χ0v) is 89.9. The van der Waals surface area contributed by atoms with Crippen molar-refractivity contribution in [1.29, 1.82) is 0 Å². The van der Waals surface area contributed by atoms with Crippen LogP contribution in [0.3, 0.4) is 0 Å². The molecule has 5 atom stereocenters. The van der Waals surface area contributed by atoms with Gasteiger partial charge in [-0.2, -0.15) is 25.5 Å². The largest absolute Gasteiger partial charge is 0.345 e. The number of nitrogens with zero attached hydrogens (tertiary/aromatic N) is 15. The third-order valence-electron chi connectivity index (χ3n) is 26.4. The summed E-state index contributed by atoms with van der Waals surface area (Å²) < 4.78 is 79.1. The molecule has 0 fully saturated rings. The number of rotatable bonds is 30. The highest BCUT2D eigenvalue weighted by Gasteiger charge is 2.37. The third-order valence-corrected chi connectivity index (χ3v) is 26.9. The summed E-state index contributed by atoms with van der Waals surface area (Å²) in [6.45, 7) is 52.1. The molecule has 0 aliphatic rings. The van der Waals surface area contributed by atoms with Gasteiger partial charge in [-0.15, -0.1) is 0 Å². The minimum absolute atomic E-state index is 0.218. The zero-order chi connectivity index (χ0) is 108. The lowest BCUT2D eigenvalue weighted by Gasteiger charge is -2.33. The minimum Gasteiger partial charge on any atom is -0.345 e. The molecule has 0 spiro atoms. The Kier molecular flexibility index (Phi) is 34.9. The normalized spacial score (nSPS) is 13.6. The van der Waals surface area contributed by atoms with Crippen molar-refractivity contribution in [3.8, 4) is 0 Å². The Morgan fingerprint density at radius 3 is 0.865 bits per heavy atom. The molecule has 0 saturated carbocycles. The van der Waals surface area contributed by atoms with Gasteiger partial charge in [-0.3, -0.25) is 72.3 Å². The molecule has 0 bridgehead atoms. The number of fused-ring (bicyclic) bond motifs is 7. The Balaban J connectivity index is 0.000000155. The second-order valence-electron chi connectivity index (χ2n) is 42.9. The third kappa shape index (κ3) is 27.5. The van der Waals surface area contributed by atoms with Crippen LogP contribution >= 0.6 is 11.6 Å². The highest BCUT2D eigenvalue weighted by atomic mass is 35.5. The van der Waals surface area contributed by atoms with E-state index in [9.17, 15) is 45.9 Å². The molecule has 0 radical (unpaired) electrons. The van der Waals surface area contributed by atoms with Crippen LogP contribution in [0.25, 0.3) is 76.3 Å². The van der Waals surface area contributed by atoms with Crippen LogP contribution in [-0.2, 0) is 32.7 Å². The summed E-state index contributed by atoms with van der Waals surface area (Å²) in [6, 6.07) is 50.3. The average molecular weight is 2030 g/mol. The Labute approximate surface area is 866 Å². The quantitative estimate of drug-likeness (QED) is 0.0261. The van der Waals surface area contributed by atoms with Crippen molar-refractivity contribution in [1.82, 2.24) is 100 Å². The maximum absolute atomic E-state index is 13.9. The summed E-state index contributed by atoms with van der Waals surface area (Å²) in [5.41, 5.74) is 11.8. The first-order chi connectivity index (χ1) is 69.9. The molecular weight excluding hydrogens is 1900 g/mol. The molecule has 0 aliphatic carbocycles. The highest BCUT2D eigenvalue weighted by molar-refractivity contribution is 6.31. The van der Waals surface area contributed by atoms with Gasteiger partial charge in [-0.05, 0) is 243 Å². The van der Waals surface area contributed by atoms with Gasteiger partial charge in [0, 0.05) is 85.8 Å². The predicted molar refractivity (Wildman–Crippen MR) is 579 cm³/mol. The van der Waals surface area contributed by atoms with Gasteiger partial charge in [0.2, 0.25) is 0 Å². The maximum Gasteiger partial charge on any atom is 0.253 e. The number of benzene rings is 7. The lowest BCUT2D eigenvalue weighted by atomic mass is 9.90. The molecule has 31 heteroatoms. The molecule has 0 aliphatic heterocycles. The summed E-state index contributed by atoms with van der Waals surface area (Å²) in [6.07, 6.45) is 11.1. The van der Waals surface area contributed by atoms with Crippen LogP contribution in [0.2, 0.25) is 5.02 Å². The van der Waals surface area contributed by atoms with E-state index >= 15 is 0 Å². The molecule has 0 saturated heterocycles. The van der Waals surface area contributed by atoms with Crippen molar-refractivity contribution in [2.75, 3.05) is 0 Å². The monoisotopic (exact) mass is 2030 g/mol. The first kappa shape index (κ1) is 111. The highest BCUT2D eigenvalue weighted by Crippen LogP contribution is 2.34. The molecule has 17 rings (SSSR count). The molecular formula is C117H136ClF5N20O5. The molecule has 148 heavy (non-hydrogen) atoms. The molecule has 776 valence electrons. The second kappa shape index (κ2) is 46.7. The fraction of sp³-hybridized carbons (Fsp3) is 0.376. The van der Waals surface area contributed by atoms with Gasteiger partial charge in [0.25, 0.3) is 29.5 Å². The molecule has 5 N–H and O–H groups in total. The minimum atomic E-state index is -0.547. The van der Waals surface area contributed by atoms with E-state index in [0.717, 1.165) is 99.5 Å². The number of hydrogen-bond acceptors (Lipinski definition) is 15. The Morgan fingerprint density at radius 1 is 0.304 bits per heavy atom. The molecule has 10 heterocycles. The van der Waals surface area contributed by atoms with Gasteiger partial charge in [0.1, 0.15) is 56.7 Å². The van der Waals surface area contributed by atoms with Crippen LogP contribution in [0.4, 0.5) is 22.0 Å². The van der Waals surface area contributed by atoms with Crippen molar-refractivity contribution in [2.45, 2.75) is 259 Å². The van der Waals surface area contributed by atoms with E-state index in [1.54, 1.807) is 91.0 Å². The second-order valence-corrected chi connectivity index (χ2v) is 43.3. The predicted octanol–water partition coefficient (Wildman–Crippen LogP) is 24.8. The first-order valence-electron chi connectivity index (χ1n) is 50.3. The van der Waals surface area contributed by atoms with E-state index in [1.807, 2.05) is 136 Å². The summed E-state index contributed by atoms with van der Waals surface area (Å²) in [4.78, 5) is 86.1. The number of carbonyl (C=O) groups is 5. The molecule has 5 amide bonds. The standard InChI is InChI=1S/2C25H27FN4O.C23H29FN4O.C22H26ClFN4O.C22H27FN4O/c1-16(2)13-25(4,15-30-17(3)20-9-5-6-11-22(20)29-30)28-24(31)19-12-18-8-7-10-21(26)23(18)27-14-19;1-16(2)13-25(4,15-30-22-11-6-5-9-20(22)17(3)29-30)28-24(31)19-12-18-8-7-10-21(26)23(18)27-14-19;1-14(2)11-23(6,13-28-17(5)15(3)16(4)27-28)26-22(29)19-10-18-8-7-9-20(24)21(18)25-12-19;1-13(2)10-22(5,12-28-15(4)19(23)14(3)27-28)26-21(29)17-9-16-7-6-8-18(24)20(16)25-11-17;1-14(2)11-22(5,13-27-16(4)9-15(3)26-27)25-21(28)18-10-17-7-6-8-19(23)20(17)24-12-18/h2*5-12,14,16H,13,15H2,1-4H3,(H,28,31);7-10,12,14H,11,13H2,1-6H3,(H,26,29);6-9,11,13H,10,12H2,1-5H3,(H,26,29);6-10,12,14H,11,13H2,1-5H3,(H,25,28). The average Bonchev–Trinajstić information content (AvgIpc) is 1.66. The fourth-order valence-electron chi connectivity index (χ4n) is 20.3. The number of amides is 5. The smallest absolute Gasteiger partial charge is 0.253 e. The number of nitrogens with one attached hydrogen (secondary N) is 5. The van der Waals surface area contributed by atoms with Gasteiger partial charge < -0.3 is 26.6 Å². The molecule has 5 unspecified atom stereocenters. The zero-order valence-electron chi connectivity index (χ0n) is 89.1. The topological polar surface area (TPSA) is 299 Å². The Morgan fingerprint density at radius 2 is 0.581 bits per heavy atom. The van der Waals surface area contributed by atoms with Crippen molar-refractivity contribution < 1.29 is 45.9 Å². The summed E-state index contributed by atoms with van der Waals surface area (Å²) in [7, 11) is 0. The van der Waals surface area contributed by atoms with Gasteiger partial charge in [-0.1, -0.05) is 178 Å². The van der Waals surface area contributed by atoms with Crippen molar-refractivity contribution >= 4 is 117 Å². The SMILES string of the molecule is Cc1c2ccccc2nn1CC(C)(CC(C)C)NC(=O)c1cnc2c(F)cccc2c1.Cc1cc(C)n(CC(C)(CC(C)C)NC(=O)c2cnc3c(F)cccc3c2)n1.Cc1nn(CC(C)(CC(C)C)NC(=O)c2cnc3c(F)cccc3c2)c(C)c1C.Cc1nn(CC(C)(CC(C)C)NC(=O)c2cnc3c(F)cccc3c2)c(C)c1Cl.Cc1nn(CC(C)(CC(C)C)NC(=O)c2cnc3c(F)cccc3c2)c2ccccc12. The van der Waals surface area contributed by atoms with E-state index < -0.39 is 51.0 Å². The molecule has 7 aromatic carbocycles. The number of pyridine rings is 5. The summed E-state index contributed by atoms with van der Waals surface area (Å²) >= 11 is 6.29. The number of aryl methyl sites for hydroxylation is 6.